The lowest BCUT2D eigenvalue weighted by Gasteiger charge is -2.22. The average Bonchev–Trinajstić information content (AvgIpc) is 3.12. The number of nitrogens with zero attached hydrogens (tertiary/aromatic N) is 3. The van der Waals surface area contributed by atoms with Crippen LogP contribution in [0.15, 0.2) is 53.7 Å². The van der Waals surface area contributed by atoms with Crippen LogP contribution in [-0.2, 0) is 5.75 Å². The number of thioether (sulfide) groups is 1. The minimum atomic E-state index is 0.500. The Labute approximate surface area is 170 Å². The van der Waals surface area contributed by atoms with Gasteiger partial charge in [0.2, 0.25) is 0 Å². The third-order valence-electron chi connectivity index (χ3n) is 5.30. The maximum Gasteiger partial charge on any atom is 0.196 e. The van der Waals surface area contributed by atoms with Gasteiger partial charge in [0, 0.05) is 16.7 Å². The highest BCUT2D eigenvalue weighted by atomic mass is 35.5. The van der Waals surface area contributed by atoms with Crippen molar-refractivity contribution in [1.29, 1.82) is 0 Å². The van der Waals surface area contributed by atoms with E-state index in [-0.39, 0.29) is 0 Å². The van der Waals surface area contributed by atoms with E-state index in [1.54, 1.807) is 11.8 Å². The first kappa shape index (κ1) is 18.6. The summed E-state index contributed by atoms with van der Waals surface area (Å²) >= 11 is 8.05. The van der Waals surface area contributed by atoms with Crippen molar-refractivity contribution in [2.45, 2.75) is 55.9 Å². The number of hydrogen-bond donors (Lipinski definition) is 0. The second-order valence-electron chi connectivity index (χ2n) is 7.18. The van der Waals surface area contributed by atoms with Gasteiger partial charge in [0.1, 0.15) is 5.82 Å². The molecule has 27 heavy (non-hydrogen) atoms. The molecule has 0 saturated heterocycles. The molecule has 3 nitrogen and oxygen atoms in total. The normalized spacial score (nSPS) is 15.2. The van der Waals surface area contributed by atoms with E-state index in [0.717, 1.165) is 27.3 Å². The molecule has 1 heterocycles. The Morgan fingerprint density at radius 3 is 2.52 bits per heavy atom. The zero-order valence-electron chi connectivity index (χ0n) is 15.6. The molecule has 1 aromatic heterocycles. The van der Waals surface area contributed by atoms with Gasteiger partial charge in [-0.15, -0.1) is 10.2 Å². The van der Waals surface area contributed by atoms with E-state index in [1.165, 1.54) is 43.4 Å². The van der Waals surface area contributed by atoms with Crippen LogP contribution in [0.1, 0.15) is 55.0 Å². The summed E-state index contributed by atoms with van der Waals surface area (Å²) in [4.78, 5) is 0. The largest absolute Gasteiger partial charge is 0.274 e. The summed E-state index contributed by atoms with van der Waals surface area (Å²) in [5.74, 6) is 2.40. The molecule has 0 radical (unpaired) electrons. The molecular weight excluding hydrogens is 374 g/mol. The summed E-state index contributed by atoms with van der Waals surface area (Å²) in [7, 11) is 0. The summed E-state index contributed by atoms with van der Waals surface area (Å²) in [5.41, 5.74) is 3.56. The minimum absolute atomic E-state index is 0.500. The van der Waals surface area contributed by atoms with E-state index >= 15 is 0 Å². The SMILES string of the molecule is Cc1ccccc1-n1c(SCc2ccccc2Cl)nnc1C1CCCCC1. The quantitative estimate of drug-likeness (QED) is 0.456. The maximum absolute atomic E-state index is 6.34. The van der Waals surface area contributed by atoms with Crippen molar-refractivity contribution in [1.82, 2.24) is 14.8 Å². The van der Waals surface area contributed by atoms with Crippen molar-refractivity contribution in [2.75, 3.05) is 0 Å². The third kappa shape index (κ3) is 4.07. The molecule has 0 spiro atoms. The Kier molecular flexibility index (Phi) is 5.84. The lowest BCUT2D eigenvalue weighted by atomic mass is 9.88. The van der Waals surface area contributed by atoms with E-state index in [4.69, 9.17) is 11.6 Å². The molecule has 0 N–H and O–H groups in total. The summed E-state index contributed by atoms with van der Waals surface area (Å²) in [5, 5.41) is 11.0. The van der Waals surface area contributed by atoms with Gasteiger partial charge >= 0.3 is 0 Å². The fourth-order valence-corrected chi connectivity index (χ4v) is 5.04. The van der Waals surface area contributed by atoms with E-state index < -0.39 is 0 Å². The molecule has 2 aromatic carbocycles. The zero-order valence-corrected chi connectivity index (χ0v) is 17.1. The van der Waals surface area contributed by atoms with Gasteiger partial charge < -0.3 is 0 Å². The number of halogens is 1. The molecule has 0 amide bonds. The first-order chi connectivity index (χ1) is 13.2. The van der Waals surface area contributed by atoms with Gasteiger partial charge in [-0.1, -0.05) is 79.0 Å². The van der Waals surface area contributed by atoms with Crippen LogP contribution in [0.4, 0.5) is 0 Å². The standard InChI is InChI=1S/C22H24ClN3S/c1-16-9-5-8-14-20(16)26-21(17-10-3-2-4-11-17)24-25-22(26)27-15-18-12-6-7-13-19(18)23/h5-9,12-14,17H,2-4,10-11,15H2,1H3. The van der Waals surface area contributed by atoms with Crippen molar-refractivity contribution in [3.63, 3.8) is 0 Å². The average molecular weight is 398 g/mol. The fourth-order valence-electron chi connectivity index (χ4n) is 3.80. The van der Waals surface area contributed by atoms with Crippen LogP contribution in [0.5, 0.6) is 0 Å². The van der Waals surface area contributed by atoms with Crippen molar-refractivity contribution in [2.24, 2.45) is 0 Å². The van der Waals surface area contributed by atoms with Crippen molar-refractivity contribution in [3.05, 3.63) is 70.5 Å². The minimum Gasteiger partial charge on any atom is -0.274 e. The van der Waals surface area contributed by atoms with Crippen LogP contribution in [0.2, 0.25) is 5.02 Å². The fraction of sp³-hybridized carbons (Fsp3) is 0.364. The van der Waals surface area contributed by atoms with Gasteiger partial charge in [-0.3, -0.25) is 4.57 Å². The number of para-hydroxylation sites is 1. The molecule has 1 aliphatic carbocycles. The Bertz CT molecular complexity index is 915. The molecular formula is C22H24ClN3S. The number of benzene rings is 2. The summed E-state index contributed by atoms with van der Waals surface area (Å²) in [6.45, 7) is 2.16. The van der Waals surface area contributed by atoms with Gasteiger partial charge in [-0.2, -0.15) is 0 Å². The molecule has 5 heteroatoms. The van der Waals surface area contributed by atoms with E-state index in [2.05, 4.69) is 52.0 Å². The molecule has 1 aliphatic rings. The van der Waals surface area contributed by atoms with E-state index in [9.17, 15) is 0 Å². The van der Waals surface area contributed by atoms with Gasteiger partial charge in [0.05, 0.1) is 5.69 Å². The van der Waals surface area contributed by atoms with Gasteiger partial charge in [0.25, 0.3) is 0 Å². The topological polar surface area (TPSA) is 30.7 Å². The highest BCUT2D eigenvalue weighted by Gasteiger charge is 2.25. The van der Waals surface area contributed by atoms with E-state index in [0.29, 0.717) is 5.92 Å². The molecule has 3 aromatic rings. The summed E-state index contributed by atoms with van der Waals surface area (Å²) < 4.78 is 2.28. The van der Waals surface area contributed by atoms with Crippen molar-refractivity contribution < 1.29 is 0 Å². The third-order valence-corrected chi connectivity index (χ3v) is 6.65. The molecule has 0 aliphatic heterocycles. The van der Waals surface area contributed by atoms with E-state index in [1.807, 2.05) is 18.2 Å². The lowest BCUT2D eigenvalue weighted by molar-refractivity contribution is 0.423. The highest BCUT2D eigenvalue weighted by molar-refractivity contribution is 7.98. The number of hydrogen-bond acceptors (Lipinski definition) is 3. The molecule has 0 atom stereocenters. The number of rotatable bonds is 5. The molecule has 4 rings (SSSR count). The van der Waals surface area contributed by atoms with Crippen molar-refractivity contribution in [3.8, 4) is 5.69 Å². The van der Waals surface area contributed by atoms with Crippen LogP contribution in [-0.4, -0.2) is 14.8 Å². The second-order valence-corrected chi connectivity index (χ2v) is 8.53. The van der Waals surface area contributed by atoms with Crippen LogP contribution in [0, 0.1) is 6.92 Å². The predicted molar refractivity (Wildman–Crippen MR) is 113 cm³/mol. The number of aromatic nitrogens is 3. The predicted octanol–water partition coefficient (Wildman–Crippen LogP) is 6.57. The van der Waals surface area contributed by atoms with Crippen LogP contribution >= 0.6 is 23.4 Å². The Morgan fingerprint density at radius 2 is 1.74 bits per heavy atom. The second kappa shape index (κ2) is 8.49. The van der Waals surface area contributed by atoms with Crippen LogP contribution < -0.4 is 0 Å². The van der Waals surface area contributed by atoms with Crippen molar-refractivity contribution >= 4 is 23.4 Å². The van der Waals surface area contributed by atoms with Gasteiger partial charge in [-0.05, 0) is 43.0 Å². The molecule has 1 saturated carbocycles. The lowest BCUT2D eigenvalue weighted by Crippen LogP contribution is -2.12. The molecule has 0 bridgehead atoms. The van der Waals surface area contributed by atoms with Crippen LogP contribution in [0.3, 0.4) is 0 Å². The molecule has 0 unspecified atom stereocenters. The maximum atomic E-state index is 6.34. The molecule has 140 valence electrons. The number of aryl methyl sites for hydroxylation is 1. The zero-order chi connectivity index (χ0) is 18.6. The Hall–Kier alpha value is -1.78. The monoisotopic (exact) mass is 397 g/mol. The Morgan fingerprint density at radius 1 is 1.00 bits per heavy atom. The smallest absolute Gasteiger partial charge is 0.196 e. The first-order valence-electron chi connectivity index (χ1n) is 9.61. The summed E-state index contributed by atoms with van der Waals surface area (Å²) in [6.07, 6.45) is 6.32. The first-order valence-corrected chi connectivity index (χ1v) is 11.0. The van der Waals surface area contributed by atoms with Gasteiger partial charge in [-0.25, -0.2) is 0 Å². The summed E-state index contributed by atoms with van der Waals surface area (Å²) in [6, 6.07) is 16.5. The van der Waals surface area contributed by atoms with Crippen LogP contribution in [0.25, 0.3) is 5.69 Å². The molecule has 1 fully saturated rings. The Balaban J connectivity index is 1.70. The van der Waals surface area contributed by atoms with Gasteiger partial charge in [0.15, 0.2) is 5.16 Å². The highest BCUT2D eigenvalue weighted by Crippen LogP contribution is 2.36.